The molecule has 0 aliphatic carbocycles. The highest BCUT2D eigenvalue weighted by Crippen LogP contribution is 2.42. The summed E-state index contributed by atoms with van der Waals surface area (Å²) in [5.74, 6) is 3.47. The molecule has 2 atom stereocenters. The van der Waals surface area contributed by atoms with Gasteiger partial charge in [0.25, 0.3) is 0 Å². The van der Waals surface area contributed by atoms with Gasteiger partial charge in [-0.25, -0.2) is 0 Å². The number of ether oxygens (including phenoxy) is 1. The Morgan fingerprint density at radius 1 is 1.00 bits per heavy atom. The smallest absolute Gasteiger partial charge is 0.371 e. The summed E-state index contributed by atoms with van der Waals surface area (Å²) in [4.78, 5) is 4.54. The lowest BCUT2D eigenvalue weighted by Crippen LogP contribution is -2.43. The minimum atomic E-state index is -4.25. The van der Waals surface area contributed by atoms with Crippen LogP contribution < -0.4 is 4.90 Å². The molecule has 2 aromatic rings. The van der Waals surface area contributed by atoms with E-state index in [0.717, 1.165) is 55.5 Å². The number of likely N-dealkylation sites (tertiary alicyclic amines) is 1. The van der Waals surface area contributed by atoms with E-state index in [-0.39, 0.29) is 5.60 Å². The molecule has 184 valence electrons. The molecule has 34 heavy (non-hydrogen) atoms. The van der Waals surface area contributed by atoms with Gasteiger partial charge in [0.15, 0.2) is 0 Å². The molecule has 0 saturated carbocycles. The zero-order chi connectivity index (χ0) is 24.3. The van der Waals surface area contributed by atoms with Crippen LogP contribution in [0.1, 0.15) is 23.6 Å². The van der Waals surface area contributed by atoms with E-state index in [1.165, 1.54) is 17.7 Å². The maximum Gasteiger partial charge on any atom is 0.416 e. The highest BCUT2D eigenvalue weighted by Gasteiger charge is 2.40. The van der Waals surface area contributed by atoms with Crippen LogP contribution >= 0.6 is 11.8 Å². The SMILES string of the molecule is C=Cc1ccc(C2(OCC)CSC2)cc1.CN1CC2CN(c3ccc(C(F)(F)F)cc3)CC2C1. The number of nitrogens with zero attached hydrogens (tertiary/aromatic N) is 2. The molecule has 5 rings (SSSR count). The Labute approximate surface area is 205 Å². The Morgan fingerprint density at radius 3 is 2.03 bits per heavy atom. The number of alkyl halides is 3. The van der Waals surface area contributed by atoms with E-state index in [1.54, 1.807) is 12.1 Å². The van der Waals surface area contributed by atoms with Crippen LogP contribution in [-0.4, -0.2) is 56.2 Å². The summed E-state index contributed by atoms with van der Waals surface area (Å²) in [5.41, 5.74) is 2.78. The van der Waals surface area contributed by atoms with Gasteiger partial charge >= 0.3 is 6.18 Å². The molecule has 0 N–H and O–H groups in total. The van der Waals surface area contributed by atoms with Gasteiger partial charge in [0.1, 0.15) is 5.60 Å². The van der Waals surface area contributed by atoms with Crippen molar-refractivity contribution in [2.24, 2.45) is 11.8 Å². The van der Waals surface area contributed by atoms with Gasteiger partial charge in [-0.05, 0) is 61.2 Å². The number of halogens is 3. The summed E-state index contributed by atoms with van der Waals surface area (Å²) < 4.78 is 43.4. The summed E-state index contributed by atoms with van der Waals surface area (Å²) in [6.07, 6.45) is -2.38. The van der Waals surface area contributed by atoms with Crippen LogP contribution in [0.25, 0.3) is 6.08 Å². The third kappa shape index (κ3) is 5.47. The van der Waals surface area contributed by atoms with E-state index in [9.17, 15) is 13.2 Å². The first-order chi connectivity index (χ1) is 16.2. The van der Waals surface area contributed by atoms with Crippen molar-refractivity contribution >= 4 is 23.5 Å². The van der Waals surface area contributed by atoms with E-state index in [4.69, 9.17) is 4.74 Å². The predicted molar refractivity (Wildman–Crippen MR) is 135 cm³/mol. The number of anilines is 1. The molecule has 3 fully saturated rings. The number of fused-ring (bicyclic) bond motifs is 1. The summed E-state index contributed by atoms with van der Waals surface area (Å²) in [6, 6.07) is 14.1. The lowest BCUT2D eigenvalue weighted by Gasteiger charge is -2.41. The fraction of sp³-hybridized carbons (Fsp3) is 0.481. The van der Waals surface area contributed by atoms with Gasteiger partial charge in [-0.3, -0.25) is 0 Å². The van der Waals surface area contributed by atoms with Crippen LogP contribution in [0.4, 0.5) is 18.9 Å². The second kappa shape index (κ2) is 10.3. The molecule has 2 unspecified atom stereocenters. The van der Waals surface area contributed by atoms with Gasteiger partial charge in [-0.2, -0.15) is 24.9 Å². The van der Waals surface area contributed by atoms with E-state index in [0.29, 0.717) is 11.8 Å². The van der Waals surface area contributed by atoms with Gasteiger partial charge < -0.3 is 14.5 Å². The molecule has 3 saturated heterocycles. The molecule has 0 bridgehead atoms. The minimum absolute atomic E-state index is 0.0148. The summed E-state index contributed by atoms with van der Waals surface area (Å²) in [6.45, 7) is 10.7. The average Bonchev–Trinajstić information content (AvgIpc) is 3.34. The molecule has 0 spiro atoms. The molecule has 3 heterocycles. The van der Waals surface area contributed by atoms with E-state index in [1.807, 2.05) is 17.8 Å². The first-order valence-electron chi connectivity index (χ1n) is 11.8. The monoisotopic (exact) mass is 490 g/mol. The average molecular weight is 491 g/mol. The fourth-order valence-corrected chi connectivity index (χ4v) is 6.19. The molecule has 0 amide bonds. The van der Waals surface area contributed by atoms with Gasteiger partial charge in [-0.15, -0.1) is 0 Å². The topological polar surface area (TPSA) is 15.7 Å². The quantitative estimate of drug-likeness (QED) is 0.510. The number of benzene rings is 2. The Morgan fingerprint density at radius 2 is 1.59 bits per heavy atom. The molecule has 3 aliphatic rings. The first-order valence-corrected chi connectivity index (χ1v) is 12.9. The highest BCUT2D eigenvalue weighted by molar-refractivity contribution is 8.00. The van der Waals surface area contributed by atoms with E-state index >= 15 is 0 Å². The zero-order valence-electron chi connectivity index (χ0n) is 19.9. The minimum Gasteiger partial charge on any atom is -0.371 e. The first kappa shape index (κ1) is 25.1. The van der Waals surface area contributed by atoms with Crippen molar-refractivity contribution < 1.29 is 17.9 Å². The molecule has 0 radical (unpaired) electrons. The molecule has 7 heteroatoms. The third-order valence-electron chi connectivity index (χ3n) is 6.99. The highest BCUT2D eigenvalue weighted by atomic mass is 32.2. The lowest BCUT2D eigenvalue weighted by atomic mass is 9.95. The predicted octanol–water partition coefficient (Wildman–Crippen LogP) is 6.01. The third-order valence-corrected chi connectivity index (χ3v) is 8.33. The van der Waals surface area contributed by atoms with Gasteiger partial charge in [0, 0.05) is 50.0 Å². The van der Waals surface area contributed by atoms with Crippen molar-refractivity contribution in [1.29, 1.82) is 0 Å². The molecular weight excluding hydrogens is 457 g/mol. The maximum atomic E-state index is 12.5. The van der Waals surface area contributed by atoms with Crippen LogP contribution in [-0.2, 0) is 16.5 Å². The van der Waals surface area contributed by atoms with Crippen molar-refractivity contribution in [3.05, 3.63) is 71.8 Å². The van der Waals surface area contributed by atoms with Crippen molar-refractivity contribution in [2.75, 3.05) is 56.2 Å². The number of hydrogen-bond donors (Lipinski definition) is 0. The lowest BCUT2D eigenvalue weighted by molar-refractivity contribution is -0.137. The van der Waals surface area contributed by atoms with Gasteiger partial charge in [0.05, 0.1) is 5.56 Å². The summed E-state index contributed by atoms with van der Waals surface area (Å²) in [7, 11) is 2.13. The maximum absolute atomic E-state index is 12.5. The molecule has 0 aromatic heterocycles. The van der Waals surface area contributed by atoms with Crippen LogP contribution in [0.2, 0.25) is 0 Å². The standard InChI is InChI=1S/C14H17F3N2.C13H16OS/c1-18-6-10-8-19(9-11(10)7-18)13-4-2-12(3-5-13)14(15,16)17;1-3-11-5-7-12(8-6-11)13(14-4-2)9-15-10-13/h2-5,10-11H,6-9H2,1H3;3,5-8H,1,4,9-10H2,2H3. The van der Waals surface area contributed by atoms with Crippen LogP contribution in [0, 0.1) is 11.8 Å². The second-order valence-electron chi connectivity index (χ2n) is 9.44. The van der Waals surface area contributed by atoms with Gasteiger partial charge in [-0.1, -0.05) is 36.9 Å². The zero-order valence-corrected chi connectivity index (χ0v) is 20.7. The van der Waals surface area contributed by atoms with E-state index < -0.39 is 11.7 Å². The summed E-state index contributed by atoms with van der Waals surface area (Å²) >= 11 is 1.94. The van der Waals surface area contributed by atoms with E-state index in [2.05, 4.69) is 54.6 Å². The Hall–Kier alpha value is -1.96. The van der Waals surface area contributed by atoms with Crippen LogP contribution in [0.5, 0.6) is 0 Å². The van der Waals surface area contributed by atoms with Crippen LogP contribution in [0.15, 0.2) is 55.1 Å². The van der Waals surface area contributed by atoms with Crippen LogP contribution in [0.3, 0.4) is 0 Å². The van der Waals surface area contributed by atoms with Crippen molar-refractivity contribution in [1.82, 2.24) is 4.90 Å². The number of hydrogen-bond acceptors (Lipinski definition) is 4. The number of rotatable bonds is 5. The fourth-order valence-electron chi connectivity index (χ4n) is 5.12. The summed E-state index contributed by atoms with van der Waals surface area (Å²) in [5, 5.41) is 0. The molecular formula is C27H33F3N2OS. The Balaban J connectivity index is 0.000000166. The molecule has 2 aromatic carbocycles. The normalized spacial score (nSPS) is 23.6. The van der Waals surface area contributed by atoms with Gasteiger partial charge in [0.2, 0.25) is 0 Å². The van der Waals surface area contributed by atoms with Crippen molar-refractivity contribution in [2.45, 2.75) is 18.7 Å². The number of thioether (sulfide) groups is 1. The molecule has 3 aliphatic heterocycles. The largest absolute Gasteiger partial charge is 0.416 e. The Kier molecular flexibility index (Phi) is 7.65. The van der Waals surface area contributed by atoms with Crippen molar-refractivity contribution in [3.63, 3.8) is 0 Å². The Bertz CT molecular complexity index is 943. The van der Waals surface area contributed by atoms with Crippen molar-refractivity contribution in [3.8, 4) is 0 Å². The second-order valence-corrected chi connectivity index (χ2v) is 10.4. The molecule has 3 nitrogen and oxygen atoms in total.